The predicted octanol–water partition coefficient (Wildman–Crippen LogP) is 2.49. The summed E-state index contributed by atoms with van der Waals surface area (Å²) >= 11 is 0. The second kappa shape index (κ2) is 3.45. The van der Waals surface area contributed by atoms with Crippen molar-refractivity contribution >= 4 is 11.5 Å². The summed E-state index contributed by atoms with van der Waals surface area (Å²) in [5, 5.41) is 0. The fourth-order valence-electron chi connectivity index (χ4n) is 1.60. The third-order valence-electron chi connectivity index (χ3n) is 2.78. The van der Waals surface area contributed by atoms with Gasteiger partial charge in [0.25, 0.3) is 0 Å². The third kappa shape index (κ3) is 1.79. The normalized spacial score (nSPS) is 15.3. The summed E-state index contributed by atoms with van der Waals surface area (Å²) in [6, 6.07) is 8.56. The largest absolute Gasteiger partial charge is 0.372 e. The molecule has 0 aliphatic heterocycles. The molecule has 1 aromatic carbocycles. The maximum absolute atomic E-state index is 11.1. The maximum atomic E-state index is 11.1. The van der Waals surface area contributed by atoms with E-state index in [4.69, 9.17) is 0 Å². The Hall–Kier alpha value is -1.31. The van der Waals surface area contributed by atoms with E-state index in [0.29, 0.717) is 0 Å². The molecule has 74 valence electrons. The van der Waals surface area contributed by atoms with Gasteiger partial charge >= 0.3 is 0 Å². The highest BCUT2D eigenvalue weighted by Crippen LogP contribution is 2.29. The van der Waals surface area contributed by atoms with Crippen LogP contribution in [-0.2, 0) is 0 Å². The van der Waals surface area contributed by atoms with Crippen molar-refractivity contribution in [2.24, 2.45) is 0 Å². The Morgan fingerprint density at radius 3 is 2.29 bits per heavy atom. The quantitative estimate of drug-likeness (QED) is 0.681. The number of rotatable bonds is 3. The van der Waals surface area contributed by atoms with Gasteiger partial charge in [-0.1, -0.05) is 0 Å². The van der Waals surface area contributed by atoms with Crippen LogP contribution < -0.4 is 4.90 Å². The Bertz CT molecular complexity index is 338. The molecule has 0 heterocycles. The van der Waals surface area contributed by atoms with E-state index in [9.17, 15) is 4.79 Å². The summed E-state index contributed by atoms with van der Waals surface area (Å²) in [7, 11) is 2.11. The van der Waals surface area contributed by atoms with E-state index < -0.39 is 0 Å². The monoisotopic (exact) mass is 189 g/mol. The zero-order valence-corrected chi connectivity index (χ0v) is 8.66. The molecule has 0 spiro atoms. The highest BCUT2D eigenvalue weighted by atomic mass is 16.1. The molecule has 1 fully saturated rings. The van der Waals surface area contributed by atoms with E-state index in [2.05, 4.69) is 11.9 Å². The third-order valence-corrected chi connectivity index (χ3v) is 2.78. The number of nitrogens with zero attached hydrogens (tertiary/aromatic N) is 1. The summed E-state index contributed by atoms with van der Waals surface area (Å²) in [5.74, 6) is 0.130. The van der Waals surface area contributed by atoms with E-state index in [1.54, 1.807) is 6.92 Å². The number of anilines is 1. The first-order valence-corrected chi connectivity index (χ1v) is 5.02. The second-order valence-corrected chi connectivity index (χ2v) is 3.95. The van der Waals surface area contributed by atoms with Crippen molar-refractivity contribution in [3.63, 3.8) is 0 Å². The highest BCUT2D eigenvalue weighted by Gasteiger charge is 2.26. The van der Waals surface area contributed by atoms with Crippen molar-refractivity contribution in [2.75, 3.05) is 11.9 Å². The molecule has 0 unspecified atom stereocenters. The fourth-order valence-corrected chi connectivity index (χ4v) is 1.60. The molecule has 0 radical (unpaired) electrons. The Balaban J connectivity index is 2.16. The maximum Gasteiger partial charge on any atom is 0.159 e. The molecule has 1 aliphatic rings. The predicted molar refractivity (Wildman–Crippen MR) is 57.9 cm³/mol. The van der Waals surface area contributed by atoms with Crippen LogP contribution in [0.15, 0.2) is 24.3 Å². The van der Waals surface area contributed by atoms with Crippen molar-refractivity contribution in [2.45, 2.75) is 25.8 Å². The standard InChI is InChI=1S/C12H15NO/c1-9(14)10-3-5-11(6-4-10)13(2)12-7-8-12/h3-6,12H,7-8H2,1-2H3. The highest BCUT2D eigenvalue weighted by molar-refractivity contribution is 5.94. The van der Waals surface area contributed by atoms with Gasteiger partial charge < -0.3 is 4.90 Å². The van der Waals surface area contributed by atoms with Gasteiger partial charge in [-0.25, -0.2) is 0 Å². The molecule has 2 rings (SSSR count). The lowest BCUT2D eigenvalue weighted by atomic mass is 10.1. The van der Waals surface area contributed by atoms with E-state index in [0.717, 1.165) is 11.6 Å². The molecule has 14 heavy (non-hydrogen) atoms. The van der Waals surface area contributed by atoms with Crippen molar-refractivity contribution < 1.29 is 4.79 Å². The first kappa shape index (κ1) is 9.25. The first-order valence-electron chi connectivity index (χ1n) is 5.02. The molecule has 1 aromatic rings. The van der Waals surface area contributed by atoms with Crippen molar-refractivity contribution in [1.82, 2.24) is 0 Å². The summed E-state index contributed by atoms with van der Waals surface area (Å²) < 4.78 is 0. The van der Waals surface area contributed by atoms with Crippen molar-refractivity contribution in [1.29, 1.82) is 0 Å². The number of carbonyl (C=O) groups is 1. The summed E-state index contributed by atoms with van der Waals surface area (Å²) in [6.07, 6.45) is 2.59. The lowest BCUT2D eigenvalue weighted by molar-refractivity contribution is 0.101. The van der Waals surface area contributed by atoms with E-state index in [1.807, 2.05) is 24.3 Å². The number of benzene rings is 1. The van der Waals surface area contributed by atoms with Crippen LogP contribution in [0.4, 0.5) is 5.69 Å². The summed E-state index contributed by atoms with van der Waals surface area (Å²) in [4.78, 5) is 13.3. The van der Waals surface area contributed by atoms with Crippen LogP contribution in [0.5, 0.6) is 0 Å². The summed E-state index contributed by atoms with van der Waals surface area (Å²) in [6.45, 7) is 1.60. The smallest absolute Gasteiger partial charge is 0.159 e. The molecule has 0 N–H and O–H groups in total. The minimum Gasteiger partial charge on any atom is -0.372 e. The zero-order chi connectivity index (χ0) is 10.1. The van der Waals surface area contributed by atoms with Gasteiger partial charge in [-0.2, -0.15) is 0 Å². The minimum atomic E-state index is 0.130. The summed E-state index contributed by atoms with van der Waals surface area (Å²) in [5.41, 5.74) is 2.00. The van der Waals surface area contributed by atoms with Gasteiger partial charge in [-0.3, -0.25) is 4.79 Å². The van der Waals surface area contributed by atoms with E-state index >= 15 is 0 Å². The van der Waals surface area contributed by atoms with Crippen LogP contribution in [0.1, 0.15) is 30.1 Å². The topological polar surface area (TPSA) is 20.3 Å². The molecule has 1 aliphatic carbocycles. The molecule has 0 amide bonds. The molecule has 1 saturated carbocycles. The first-order chi connectivity index (χ1) is 6.68. The zero-order valence-electron chi connectivity index (χ0n) is 8.66. The Morgan fingerprint density at radius 2 is 1.86 bits per heavy atom. The van der Waals surface area contributed by atoms with Crippen molar-refractivity contribution in [3.05, 3.63) is 29.8 Å². The van der Waals surface area contributed by atoms with Gasteiger partial charge in [-0.05, 0) is 44.0 Å². The molecular formula is C12H15NO. The molecule has 2 heteroatoms. The number of hydrogen-bond acceptors (Lipinski definition) is 2. The number of hydrogen-bond donors (Lipinski definition) is 0. The molecule has 2 nitrogen and oxygen atoms in total. The van der Waals surface area contributed by atoms with Gasteiger partial charge in [0.1, 0.15) is 0 Å². The lowest BCUT2D eigenvalue weighted by Gasteiger charge is -2.18. The van der Waals surface area contributed by atoms with Crippen LogP contribution in [-0.4, -0.2) is 18.9 Å². The van der Waals surface area contributed by atoms with Gasteiger partial charge in [0.15, 0.2) is 5.78 Å². The van der Waals surface area contributed by atoms with Crippen LogP contribution in [0, 0.1) is 0 Å². The van der Waals surface area contributed by atoms with Crippen LogP contribution in [0.3, 0.4) is 0 Å². The van der Waals surface area contributed by atoms with Gasteiger partial charge in [0, 0.05) is 24.3 Å². The fraction of sp³-hybridized carbons (Fsp3) is 0.417. The second-order valence-electron chi connectivity index (χ2n) is 3.95. The Kier molecular flexibility index (Phi) is 2.28. The van der Waals surface area contributed by atoms with Crippen LogP contribution >= 0.6 is 0 Å². The average molecular weight is 189 g/mol. The lowest BCUT2D eigenvalue weighted by Crippen LogP contribution is -2.19. The average Bonchev–Trinajstić information content (AvgIpc) is 3.00. The van der Waals surface area contributed by atoms with Crippen LogP contribution in [0.2, 0.25) is 0 Å². The van der Waals surface area contributed by atoms with E-state index in [1.165, 1.54) is 18.5 Å². The minimum absolute atomic E-state index is 0.130. The molecule has 0 saturated heterocycles. The molecule has 0 bridgehead atoms. The molecular weight excluding hydrogens is 174 g/mol. The van der Waals surface area contributed by atoms with Crippen LogP contribution in [0.25, 0.3) is 0 Å². The van der Waals surface area contributed by atoms with Gasteiger partial charge in [0.05, 0.1) is 0 Å². The number of carbonyl (C=O) groups excluding carboxylic acids is 1. The van der Waals surface area contributed by atoms with Gasteiger partial charge in [0.2, 0.25) is 0 Å². The Morgan fingerprint density at radius 1 is 1.29 bits per heavy atom. The molecule has 0 atom stereocenters. The number of ketones is 1. The van der Waals surface area contributed by atoms with Gasteiger partial charge in [-0.15, -0.1) is 0 Å². The molecule has 0 aromatic heterocycles. The van der Waals surface area contributed by atoms with Crippen molar-refractivity contribution in [3.8, 4) is 0 Å². The Labute approximate surface area is 84.5 Å². The SMILES string of the molecule is CC(=O)c1ccc(N(C)C2CC2)cc1. The van der Waals surface area contributed by atoms with E-state index in [-0.39, 0.29) is 5.78 Å². The number of Topliss-reactive ketones (excluding diaryl/α,β-unsaturated/α-hetero) is 1.